The van der Waals surface area contributed by atoms with Crippen LogP contribution < -0.4 is 0 Å². The molecule has 0 radical (unpaired) electrons. The van der Waals surface area contributed by atoms with Crippen LogP contribution in [-0.4, -0.2) is 9.97 Å². The van der Waals surface area contributed by atoms with E-state index in [4.69, 9.17) is 12.2 Å². The summed E-state index contributed by atoms with van der Waals surface area (Å²) >= 11 is 5.08. The van der Waals surface area contributed by atoms with Gasteiger partial charge in [-0.25, -0.2) is 0 Å². The SMILES string of the molecule is Cc1ccc(-c2ccccc2Cc2c[nH]c(=S)[nH]2)cc1. The monoisotopic (exact) mass is 280 g/mol. The van der Waals surface area contributed by atoms with E-state index in [9.17, 15) is 0 Å². The highest BCUT2D eigenvalue weighted by molar-refractivity contribution is 7.71. The van der Waals surface area contributed by atoms with Crippen LogP contribution in [0.5, 0.6) is 0 Å². The van der Waals surface area contributed by atoms with Crippen LogP contribution in [0.3, 0.4) is 0 Å². The number of H-pyrrole nitrogens is 2. The van der Waals surface area contributed by atoms with E-state index in [0.717, 1.165) is 12.1 Å². The lowest BCUT2D eigenvalue weighted by Crippen LogP contribution is -1.92. The minimum absolute atomic E-state index is 0.674. The molecule has 1 heterocycles. The normalized spacial score (nSPS) is 10.7. The number of benzene rings is 2. The number of hydrogen-bond donors (Lipinski definition) is 2. The average Bonchev–Trinajstić information content (AvgIpc) is 2.86. The molecule has 0 atom stereocenters. The zero-order valence-corrected chi connectivity index (χ0v) is 12.1. The van der Waals surface area contributed by atoms with Crippen LogP contribution in [0.15, 0.2) is 54.7 Å². The molecule has 0 fully saturated rings. The summed E-state index contributed by atoms with van der Waals surface area (Å²) in [7, 11) is 0. The smallest absolute Gasteiger partial charge is 0.174 e. The van der Waals surface area contributed by atoms with Gasteiger partial charge in [0.15, 0.2) is 4.77 Å². The van der Waals surface area contributed by atoms with Crippen molar-refractivity contribution in [3.63, 3.8) is 0 Å². The maximum absolute atomic E-state index is 5.08. The quantitative estimate of drug-likeness (QED) is 0.673. The summed E-state index contributed by atoms with van der Waals surface area (Å²) in [4.78, 5) is 6.19. The van der Waals surface area contributed by atoms with Crippen LogP contribution in [0, 0.1) is 11.7 Å². The predicted octanol–water partition coefficient (Wildman–Crippen LogP) is 4.64. The Balaban J connectivity index is 1.99. The first kappa shape index (κ1) is 12.9. The Labute approximate surface area is 123 Å². The first-order valence-electron chi connectivity index (χ1n) is 6.64. The maximum Gasteiger partial charge on any atom is 0.174 e. The van der Waals surface area contributed by atoms with Gasteiger partial charge in [0.05, 0.1) is 0 Å². The van der Waals surface area contributed by atoms with Gasteiger partial charge < -0.3 is 9.97 Å². The highest BCUT2D eigenvalue weighted by Crippen LogP contribution is 2.25. The van der Waals surface area contributed by atoms with E-state index in [1.807, 2.05) is 6.20 Å². The van der Waals surface area contributed by atoms with Crippen molar-refractivity contribution in [1.82, 2.24) is 9.97 Å². The third kappa shape index (κ3) is 2.73. The molecular formula is C17H16N2S. The molecule has 0 saturated carbocycles. The fraction of sp³-hybridized carbons (Fsp3) is 0.118. The van der Waals surface area contributed by atoms with Gasteiger partial charge in [0.2, 0.25) is 0 Å². The molecule has 0 aliphatic carbocycles. The Hall–Kier alpha value is -2.13. The molecule has 3 aromatic rings. The topological polar surface area (TPSA) is 31.6 Å². The molecule has 0 aliphatic rings. The summed E-state index contributed by atoms with van der Waals surface area (Å²) in [5, 5.41) is 0. The molecule has 2 nitrogen and oxygen atoms in total. The number of aromatic nitrogens is 2. The van der Waals surface area contributed by atoms with E-state index in [0.29, 0.717) is 4.77 Å². The second kappa shape index (κ2) is 5.47. The summed E-state index contributed by atoms with van der Waals surface area (Å²) in [5.41, 5.74) is 6.20. The van der Waals surface area contributed by atoms with Gasteiger partial charge in [0.1, 0.15) is 0 Å². The minimum atomic E-state index is 0.674. The predicted molar refractivity (Wildman–Crippen MR) is 85.4 cm³/mol. The van der Waals surface area contributed by atoms with Gasteiger partial charge in [-0.05, 0) is 35.8 Å². The van der Waals surface area contributed by atoms with Crippen molar-refractivity contribution in [1.29, 1.82) is 0 Å². The Bertz CT molecular complexity index is 766. The maximum atomic E-state index is 5.08. The second-order valence-electron chi connectivity index (χ2n) is 4.97. The molecule has 3 rings (SSSR count). The van der Waals surface area contributed by atoms with E-state index < -0.39 is 0 Å². The molecule has 2 aromatic carbocycles. The second-order valence-corrected chi connectivity index (χ2v) is 5.38. The van der Waals surface area contributed by atoms with Crippen LogP contribution in [0.4, 0.5) is 0 Å². The number of aromatic amines is 2. The van der Waals surface area contributed by atoms with E-state index in [-0.39, 0.29) is 0 Å². The standard InChI is InChI=1S/C17H16N2S/c1-12-6-8-13(9-7-12)16-5-3-2-4-14(16)10-15-11-18-17(20)19-15/h2-9,11H,10H2,1H3,(H2,18,19,20). The summed E-state index contributed by atoms with van der Waals surface area (Å²) in [6, 6.07) is 17.1. The van der Waals surface area contributed by atoms with Gasteiger partial charge in [-0.1, -0.05) is 54.1 Å². The van der Waals surface area contributed by atoms with Gasteiger partial charge in [-0.2, -0.15) is 0 Å². The van der Waals surface area contributed by atoms with Gasteiger partial charge in [-0.3, -0.25) is 0 Å². The average molecular weight is 280 g/mol. The molecule has 1 aromatic heterocycles. The van der Waals surface area contributed by atoms with E-state index in [2.05, 4.69) is 65.4 Å². The molecule has 0 bridgehead atoms. The van der Waals surface area contributed by atoms with E-state index in [1.54, 1.807) is 0 Å². The first-order valence-corrected chi connectivity index (χ1v) is 7.05. The van der Waals surface area contributed by atoms with Crippen LogP contribution >= 0.6 is 12.2 Å². The molecular weight excluding hydrogens is 264 g/mol. The number of imidazole rings is 1. The lowest BCUT2D eigenvalue weighted by Gasteiger charge is -2.09. The molecule has 2 N–H and O–H groups in total. The van der Waals surface area contributed by atoms with Crippen molar-refractivity contribution in [3.8, 4) is 11.1 Å². The lowest BCUT2D eigenvalue weighted by atomic mass is 9.96. The van der Waals surface area contributed by atoms with Crippen molar-refractivity contribution in [2.45, 2.75) is 13.3 Å². The number of nitrogens with one attached hydrogen (secondary N) is 2. The van der Waals surface area contributed by atoms with Gasteiger partial charge in [0.25, 0.3) is 0 Å². The number of hydrogen-bond acceptors (Lipinski definition) is 1. The summed E-state index contributed by atoms with van der Waals surface area (Å²) in [6.45, 7) is 2.11. The molecule has 100 valence electrons. The molecule has 0 saturated heterocycles. The third-order valence-electron chi connectivity index (χ3n) is 3.41. The first-order chi connectivity index (χ1) is 9.72. The van der Waals surface area contributed by atoms with Crippen LogP contribution in [0.25, 0.3) is 11.1 Å². The van der Waals surface area contributed by atoms with Crippen LogP contribution in [0.1, 0.15) is 16.8 Å². The van der Waals surface area contributed by atoms with Crippen molar-refractivity contribution >= 4 is 12.2 Å². The zero-order chi connectivity index (χ0) is 13.9. The number of rotatable bonds is 3. The fourth-order valence-electron chi connectivity index (χ4n) is 2.36. The van der Waals surface area contributed by atoms with Gasteiger partial charge in [-0.15, -0.1) is 0 Å². The summed E-state index contributed by atoms with van der Waals surface area (Å²) in [5.74, 6) is 0. The van der Waals surface area contributed by atoms with Gasteiger partial charge in [0, 0.05) is 18.3 Å². The molecule has 3 heteroatoms. The lowest BCUT2D eigenvalue weighted by molar-refractivity contribution is 1.10. The van der Waals surface area contributed by atoms with Gasteiger partial charge >= 0.3 is 0 Å². The highest BCUT2D eigenvalue weighted by Gasteiger charge is 2.06. The van der Waals surface area contributed by atoms with Crippen LogP contribution in [-0.2, 0) is 6.42 Å². The molecule has 0 aliphatic heterocycles. The van der Waals surface area contributed by atoms with Crippen molar-refractivity contribution in [2.75, 3.05) is 0 Å². The Morgan fingerprint density at radius 2 is 1.75 bits per heavy atom. The van der Waals surface area contributed by atoms with Crippen molar-refractivity contribution in [2.24, 2.45) is 0 Å². The van der Waals surface area contributed by atoms with Crippen molar-refractivity contribution < 1.29 is 0 Å². The molecule has 0 unspecified atom stereocenters. The minimum Gasteiger partial charge on any atom is -0.337 e. The largest absolute Gasteiger partial charge is 0.337 e. The summed E-state index contributed by atoms with van der Waals surface area (Å²) < 4.78 is 0.674. The molecule has 0 spiro atoms. The van der Waals surface area contributed by atoms with E-state index in [1.165, 1.54) is 22.3 Å². The van der Waals surface area contributed by atoms with Crippen LogP contribution in [0.2, 0.25) is 0 Å². The third-order valence-corrected chi connectivity index (χ3v) is 3.63. The molecule has 20 heavy (non-hydrogen) atoms. The Morgan fingerprint density at radius 3 is 2.45 bits per heavy atom. The highest BCUT2D eigenvalue weighted by atomic mass is 32.1. The Kier molecular flexibility index (Phi) is 3.52. The fourth-order valence-corrected chi connectivity index (χ4v) is 2.55. The molecule has 0 amide bonds. The zero-order valence-electron chi connectivity index (χ0n) is 11.3. The number of aryl methyl sites for hydroxylation is 1. The van der Waals surface area contributed by atoms with E-state index >= 15 is 0 Å². The Morgan fingerprint density at radius 1 is 1.00 bits per heavy atom. The van der Waals surface area contributed by atoms with Crippen molar-refractivity contribution in [3.05, 3.63) is 76.3 Å². The summed E-state index contributed by atoms with van der Waals surface area (Å²) in [6.07, 6.45) is 2.78.